The van der Waals surface area contributed by atoms with Crippen molar-refractivity contribution in [2.75, 3.05) is 0 Å². The van der Waals surface area contributed by atoms with Gasteiger partial charge < -0.3 is 5.11 Å². The van der Waals surface area contributed by atoms with Crippen LogP contribution in [0.3, 0.4) is 0 Å². The summed E-state index contributed by atoms with van der Waals surface area (Å²) in [6, 6.07) is 0. The Morgan fingerprint density at radius 3 is 2.60 bits per heavy atom. The van der Waals surface area contributed by atoms with E-state index in [4.69, 9.17) is 5.11 Å². The molecular weight excluding hydrogens is 146 g/mol. The van der Waals surface area contributed by atoms with E-state index in [0.717, 1.165) is 22.6 Å². The molecule has 2 nitrogen and oxygen atoms in total. The molecule has 0 atom stereocenters. The number of aryl methyl sites for hydroxylation is 1. The Hall–Kier alpha value is -0.410. The second-order valence-electron chi connectivity index (χ2n) is 2.19. The maximum absolute atomic E-state index is 8.80. The largest absolute Gasteiger partial charge is 0.391 e. The number of aliphatic hydroxyl groups is 1. The van der Waals surface area contributed by atoms with Crippen molar-refractivity contribution in [3.05, 3.63) is 16.1 Å². The Morgan fingerprint density at radius 1 is 1.60 bits per heavy atom. The second kappa shape index (κ2) is 3.12. The lowest BCUT2D eigenvalue weighted by atomic mass is 10.2. The van der Waals surface area contributed by atoms with Crippen LogP contribution in [0.5, 0.6) is 0 Å². The maximum Gasteiger partial charge on any atom is 0.0793 e. The van der Waals surface area contributed by atoms with Crippen LogP contribution in [0.1, 0.15) is 23.1 Å². The fraction of sp³-hybridized carbons (Fsp3) is 0.571. The minimum atomic E-state index is 0.128. The van der Waals surface area contributed by atoms with Gasteiger partial charge in [0.1, 0.15) is 0 Å². The highest BCUT2D eigenvalue weighted by atomic mass is 32.1. The molecular formula is C7H11NOS. The third-order valence-corrected chi connectivity index (χ3v) is 2.56. The van der Waals surface area contributed by atoms with E-state index in [0.29, 0.717) is 0 Å². The van der Waals surface area contributed by atoms with E-state index in [-0.39, 0.29) is 6.61 Å². The topological polar surface area (TPSA) is 33.1 Å². The summed E-state index contributed by atoms with van der Waals surface area (Å²) in [5, 5.41) is 8.80. The Bertz CT molecular complexity index is 198. The van der Waals surface area contributed by atoms with Crippen LogP contribution in [-0.2, 0) is 13.0 Å². The number of nitrogens with zero attached hydrogens (tertiary/aromatic N) is 1. The van der Waals surface area contributed by atoms with Gasteiger partial charge in [-0.2, -0.15) is 4.37 Å². The molecule has 1 aromatic rings. The molecule has 0 saturated heterocycles. The van der Waals surface area contributed by atoms with Crippen molar-refractivity contribution in [1.29, 1.82) is 0 Å². The van der Waals surface area contributed by atoms with Gasteiger partial charge in [0.15, 0.2) is 0 Å². The maximum atomic E-state index is 8.80. The molecule has 0 unspecified atom stereocenters. The molecule has 0 saturated carbocycles. The molecule has 0 bridgehead atoms. The number of aliphatic hydroxyl groups excluding tert-OH is 1. The second-order valence-corrected chi connectivity index (χ2v) is 3.05. The molecule has 1 N–H and O–H groups in total. The smallest absolute Gasteiger partial charge is 0.0793 e. The van der Waals surface area contributed by atoms with Crippen molar-refractivity contribution in [3.8, 4) is 0 Å². The van der Waals surface area contributed by atoms with Crippen LogP contribution < -0.4 is 0 Å². The van der Waals surface area contributed by atoms with Gasteiger partial charge in [0.2, 0.25) is 0 Å². The fourth-order valence-electron chi connectivity index (χ4n) is 0.885. The van der Waals surface area contributed by atoms with E-state index >= 15 is 0 Å². The highest BCUT2D eigenvalue weighted by Gasteiger charge is 2.05. The van der Waals surface area contributed by atoms with Gasteiger partial charge in [-0.05, 0) is 30.4 Å². The summed E-state index contributed by atoms with van der Waals surface area (Å²) in [4.78, 5) is 0.997. The number of hydrogen-bond donors (Lipinski definition) is 1. The van der Waals surface area contributed by atoms with Crippen molar-refractivity contribution in [2.45, 2.75) is 26.9 Å². The van der Waals surface area contributed by atoms with Crippen molar-refractivity contribution in [3.63, 3.8) is 0 Å². The first-order valence-electron chi connectivity index (χ1n) is 3.34. The molecule has 0 fully saturated rings. The van der Waals surface area contributed by atoms with Crippen molar-refractivity contribution < 1.29 is 5.11 Å². The van der Waals surface area contributed by atoms with Crippen LogP contribution in [0.2, 0.25) is 0 Å². The molecule has 3 heteroatoms. The summed E-state index contributed by atoms with van der Waals surface area (Å²) in [5.41, 5.74) is 2.28. The summed E-state index contributed by atoms with van der Waals surface area (Å²) in [7, 11) is 0. The minimum absolute atomic E-state index is 0.128. The van der Waals surface area contributed by atoms with Crippen LogP contribution in [0.25, 0.3) is 0 Å². The Morgan fingerprint density at radius 2 is 2.30 bits per heavy atom. The van der Waals surface area contributed by atoms with Gasteiger partial charge in [0.25, 0.3) is 0 Å². The summed E-state index contributed by atoms with van der Waals surface area (Å²) in [6.07, 6.45) is 0.961. The first-order chi connectivity index (χ1) is 4.79. The number of hydrogen-bond acceptors (Lipinski definition) is 3. The quantitative estimate of drug-likeness (QED) is 0.705. The average Bonchev–Trinajstić information content (AvgIpc) is 2.30. The molecule has 1 aromatic heterocycles. The zero-order valence-electron chi connectivity index (χ0n) is 6.22. The van der Waals surface area contributed by atoms with Crippen LogP contribution in [-0.4, -0.2) is 9.48 Å². The third-order valence-electron chi connectivity index (χ3n) is 1.60. The summed E-state index contributed by atoms with van der Waals surface area (Å²) in [5.74, 6) is 0. The highest BCUT2D eigenvalue weighted by Crippen LogP contribution is 2.17. The summed E-state index contributed by atoms with van der Waals surface area (Å²) in [6.45, 7) is 4.21. The first-order valence-corrected chi connectivity index (χ1v) is 4.11. The zero-order valence-corrected chi connectivity index (χ0v) is 7.03. The number of aromatic nitrogens is 1. The van der Waals surface area contributed by atoms with Crippen molar-refractivity contribution in [2.24, 2.45) is 0 Å². The Balaban J connectivity index is 2.97. The van der Waals surface area contributed by atoms with Crippen molar-refractivity contribution >= 4 is 11.5 Å². The molecule has 56 valence electrons. The van der Waals surface area contributed by atoms with Gasteiger partial charge in [0, 0.05) is 0 Å². The molecule has 0 spiro atoms. The van der Waals surface area contributed by atoms with Crippen LogP contribution in [0, 0.1) is 6.92 Å². The Kier molecular flexibility index (Phi) is 2.40. The molecule has 10 heavy (non-hydrogen) atoms. The molecule has 0 aliphatic carbocycles. The lowest BCUT2D eigenvalue weighted by molar-refractivity contribution is 0.285. The highest BCUT2D eigenvalue weighted by molar-refractivity contribution is 7.06. The van der Waals surface area contributed by atoms with Gasteiger partial charge in [-0.15, -0.1) is 0 Å². The summed E-state index contributed by atoms with van der Waals surface area (Å²) < 4.78 is 4.19. The molecule has 0 radical (unpaired) electrons. The predicted octanol–water partition coefficient (Wildman–Crippen LogP) is 1.51. The summed E-state index contributed by atoms with van der Waals surface area (Å²) >= 11 is 1.40. The first kappa shape index (κ1) is 7.69. The third kappa shape index (κ3) is 1.20. The molecule has 1 rings (SSSR count). The van der Waals surface area contributed by atoms with Crippen LogP contribution in [0.15, 0.2) is 0 Å². The van der Waals surface area contributed by atoms with E-state index in [1.807, 2.05) is 6.92 Å². The van der Waals surface area contributed by atoms with Gasteiger partial charge in [-0.25, -0.2) is 0 Å². The fourth-order valence-corrected chi connectivity index (χ4v) is 1.68. The van der Waals surface area contributed by atoms with Crippen LogP contribution in [0.4, 0.5) is 0 Å². The van der Waals surface area contributed by atoms with E-state index < -0.39 is 0 Å². The molecule has 0 aromatic carbocycles. The standard InChI is InChI=1S/C7H11NOS/c1-3-6-5(2)7(4-9)10-8-6/h9H,3-4H2,1-2H3. The van der Waals surface area contributed by atoms with Gasteiger partial charge in [0.05, 0.1) is 17.2 Å². The van der Waals surface area contributed by atoms with Gasteiger partial charge >= 0.3 is 0 Å². The number of rotatable bonds is 2. The minimum Gasteiger partial charge on any atom is -0.391 e. The van der Waals surface area contributed by atoms with E-state index in [9.17, 15) is 0 Å². The monoisotopic (exact) mass is 157 g/mol. The van der Waals surface area contributed by atoms with E-state index in [1.165, 1.54) is 11.5 Å². The molecule has 0 amide bonds. The van der Waals surface area contributed by atoms with Crippen LogP contribution >= 0.6 is 11.5 Å². The van der Waals surface area contributed by atoms with Crippen molar-refractivity contribution in [1.82, 2.24) is 4.37 Å². The predicted molar refractivity (Wildman–Crippen MR) is 42.2 cm³/mol. The van der Waals surface area contributed by atoms with E-state index in [1.54, 1.807) is 0 Å². The molecule has 1 heterocycles. The Labute approximate surface area is 64.7 Å². The van der Waals surface area contributed by atoms with E-state index in [2.05, 4.69) is 11.3 Å². The van der Waals surface area contributed by atoms with Gasteiger partial charge in [-0.1, -0.05) is 6.92 Å². The zero-order chi connectivity index (χ0) is 7.56. The lowest BCUT2D eigenvalue weighted by Gasteiger charge is -1.91. The SMILES string of the molecule is CCc1nsc(CO)c1C. The molecule has 0 aliphatic heterocycles. The average molecular weight is 157 g/mol. The lowest BCUT2D eigenvalue weighted by Crippen LogP contribution is -1.85. The normalized spacial score (nSPS) is 10.3. The van der Waals surface area contributed by atoms with Gasteiger partial charge in [-0.3, -0.25) is 0 Å². The molecule has 0 aliphatic rings.